The third kappa shape index (κ3) is 14.2. The minimum Gasteiger partial charge on any atom is -0.393 e. The Labute approximate surface area is 174 Å². The van der Waals surface area contributed by atoms with Gasteiger partial charge in [0.15, 0.2) is 0 Å². The summed E-state index contributed by atoms with van der Waals surface area (Å²) in [6, 6.07) is 0. The third-order valence-corrected chi connectivity index (χ3v) is 5.56. The number of aliphatic hydroxyl groups is 2. The van der Waals surface area contributed by atoms with E-state index in [9.17, 15) is 15.0 Å². The van der Waals surface area contributed by atoms with E-state index in [2.05, 4.69) is 19.1 Å². The molecule has 0 bridgehead atoms. The number of amides is 1. The zero-order chi connectivity index (χ0) is 21.3. The maximum absolute atomic E-state index is 12.0. The van der Waals surface area contributed by atoms with Crippen LogP contribution in [0, 0.1) is 5.41 Å². The number of unbranched alkanes of at least 4 members (excludes halogenated alkanes) is 10. The lowest BCUT2D eigenvalue weighted by molar-refractivity contribution is -0.132. The smallest absolute Gasteiger partial charge is 0.223 e. The molecule has 0 rings (SSSR count). The first-order valence-corrected chi connectivity index (χ1v) is 11.6. The number of primary amides is 1. The van der Waals surface area contributed by atoms with E-state index in [1.165, 1.54) is 51.4 Å². The van der Waals surface area contributed by atoms with Gasteiger partial charge in [0, 0.05) is 0 Å². The van der Waals surface area contributed by atoms with Crippen LogP contribution in [0.3, 0.4) is 0 Å². The second-order valence-electron chi connectivity index (χ2n) is 8.73. The molecule has 4 nitrogen and oxygen atoms in total. The summed E-state index contributed by atoms with van der Waals surface area (Å²) in [4.78, 5) is 12.0. The molecule has 2 unspecified atom stereocenters. The summed E-state index contributed by atoms with van der Waals surface area (Å²) in [5, 5.41) is 19.5. The van der Waals surface area contributed by atoms with Crippen LogP contribution in [0.2, 0.25) is 0 Å². The highest BCUT2D eigenvalue weighted by molar-refractivity contribution is 5.80. The predicted molar refractivity (Wildman–Crippen MR) is 119 cm³/mol. The fourth-order valence-electron chi connectivity index (χ4n) is 4.10. The maximum Gasteiger partial charge on any atom is 0.223 e. The lowest BCUT2D eigenvalue weighted by Crippen LogP contribution is -2.41. The topological polar surface area (TPSA) is 83.6 Å². The molecule has 0 heterocycles. The molecule has 28 heavy (non-hydrogen) atoms. The fraction of sp³-hybridized carbons (Fsp3) is 0.875. The second kappa shape index (κ2) is 17.0. The first-order chi connectivity index (χ1) is 13.3. The summed E-state index contributed by atoms with van der Waals surface area (Å²) >= 11 is 0. The van der Waals surface area contributed by atoms with Gasteiger partial charge in [-0.15, -0.1) is 0 Å². The number of carbonyl (C=O) groups excluding carboxylic acids is 1. The predicted octanol–water partition coefficient (Wildman–Crippen LogP) is 5.65. The average Bonchev–Trinajstić information content (AvgIpc) is 2.60. The van der Waals surface area contributed by atoms with Crippen LogP contribution < -0.4 is 5.73 Å². The zero-order valence-electron chi connectivity index (χ0n) is 18.8. The molecule has 0 aromatic rings. The first-order valence-electron chi connectivity index (χ1n) is 11.6. The molecule has 0 saturated carbocycles. The maximum atomic E-state index is 12.0. The Balaban J connectivity index is 3.93. The van der Waals surface area contributed by atoms with Crippen molar-refractivity contribution >= 4 is 5.91 Å². The Morgan fingerprint density at radius 1 is 0.821 bits per heavy atom. The van der Waals surface area contributed by atoms with Crippen LogP contribution in [0.1, 0.15) is 117 Å². The Morgan fingerprint density at radius 3 is 1.68 bits per heavy atom. The van der Waals surface area contributed by atoms with E-state index in [0.29, 0.717) is 19.3 Å². The lowest BCUT2D eigenvalue weighted by atomic mass is 9.73. The number of aliphatic hydroxyl groups excluding tert-OH is 2. The molecule has 166 valence electrons. The molecular weight excluding hydrogens is 350 g/mol. The van der Waals surface area contributed by atoms with E-state index >= 15 is 0 Å². The van der Waals surface area contributed by atoms with Gasteiger partial charge in [-0.05, 0) is 58.8 Å². The van der Waals surface area contributed by atoms with Crippen LogP contribution in [-0.4, -0.2) is 28.3 Å². The van der Waals surface area contributed by atoms with Gasteiger partial charge in [-0.2, -0.15) is 0 Å². The van der Waals surface area contributed by atoms with Crippen molar-refractivity contribution in [1.29, 1.82) is 0 Å². The van der Waals surface area contributed by atoms with Crippen LogP contribution in [0.25, 0.3) is 0 Å². The Kier molecular flexibility index (Phi) is 16.5. The van der Waals surface area contributed by atoms with Crippen LogP contribution in [-0.2, 0) is 4.79 Å². The SMILES string of the molecule is CCCCCCCC/C=C\CCCCCCC(CC(C)O)(CC(C)O)C(N)=O. The van der Waals surface area contributed by atoms with Gasteiger partial charge >= 0.3 is 0 Å². The summed E-state index contributed by atoms with van der Waals surface area (Å²) < 4.78 is 0. The summed E-state index contributed by atoms with van der Waals surface area (Å²) in [6.07, 6.45) is 19.4. The molecular formula is C24H47NO3. The largest absolute Gasteiger partial charge is 0.393 e. The average molecular weight is 398 g/mol. The number of hydrogen-bond acceptors (Lipinski definition) is 3. The molecule has 0 aliphatic rings. The summed E-state index contributed by atoms with van der Waals surface area (Å²) in [7, 11) is 0. The van der Waals surface area contributed by atoms with E-state index in [1.54, 1.807) is 13.8 Å². The Hall–Kier alpha value is -0.870. The van der Waals surface area contributed by atoms with Crippen molar-refractivity contribution in [1.82, 2.24) is 0 Å². The molecule has 0 aromatic carbocycles. The number of hydrogen-bond donors (Lipinski definition) is 3. The summed E-state index contributed by atoms with van der Waals surface area (Å²) in [6.45, 7) is 5.61. The molecule has 4 N–H and O–H groups in total. The zero-order valence-corrected chi connectivity index (χ0v) is 18.8. The van der Waals surface area contributed by atoms with Gasteiger partial charge in [0.25, 0.3) is 0 Å². The van der Waals surface area contributed by atoms with Crippen molar-refractivity contribution in [2.45, 2.75) is 129 Å². The van der Waals surface area contributed by atoms with Gasteiger partial charge in [-0.25, -0.2) is 0 Å². The van der Waals surface area contributed by atoms with Crippen molar-refractivity contribution in [3.63, 3.8) is 0 Å². The molecule has 0 aromatic heterocycles. The highest BCUT2D eigenvalue weighted by Crippen LogP contribution is 2.35. The van der Waals surface area contributed by atoms with Crippen molar-refractivity contribution in [3.05, 3.63) is 12.2 Å². The first kappa shape index (κ1) is 27.1. The van der Waals surface area contributed by atoms with Crippen LogP contribution in [0.15, 0.2) is 12.2 Å². The molecule has 0 saturated heterocycles. The van der Waals surface area contributed by atoms with E-state index in [-0.39, 0.29) is 0 Å². The van der Waals surface area contributed by atoms with Crippen LogP contribution >= 0.6 is 0 Å². The molecule has 0 spiro atoms. The molecule has 0 radical (unpaired) electrons. The molecule has 0 fully saturated rings. The molecule has 0 aliphatic carbocycles. The summed E-state index contributed by atoms with van der Waals surface area (Å²) in [5.74, 6) is -0.396. The number of allylic oxidation sites excluding steroid dienone is 2. The van der Waals surface area contributed by atoms with Gasteiger partial charge in [0.05, 0.1) is 17.6 Å². The highest BCUT2D eigenvalue weighted by atomic mass is 16.3. The van der Waals surface area contributed by atoms with Gasteiger partial charge in [-0.3, -0.25) is 4.79 Å². The minimum atomic E-state index is -0.792. The number of rotatable bonds is 19. The van der Waals surface area contributed by atoms with E-state index in [1.807, 2.05) is 0 Å². The third-order valence-electron chi connectivity index (χ3n) is 5.56. The minimum absolute atomic E-state index is 0.328. The van der Waals surface area contributed by atoms with Gasteiger partial charge < -0.3 is 15.9 Å². The number of nitrogens with two attached hydrogens (primary N) is 1. The second-order valence-corrected chi connectivity index (χ2v) is 8.73. The van der Waals surface area contributed by atoms with Gasteiger partial charge in [-0.1, -0.05) is 70.4 Å². The van der Waals surface area contributed by atoms with Crippen LogP contribution in [0.5, 0.6) is 0 Å². The number of carbonyl (C=O) groups is 1. The van der Waals surface area contributed by atoms with Gasteiger partial charge in [0.1, 0.15) is 0 Å². The Morgan fingerprint density at radius 2 is 1.25 bits per heavy atom. The van der Waals surface area contributed by atoms with Gasteiger partial charge in [0.2, 0.25) is 5.91 Å². The van der Waals surface area contributed by atoms with Crippen molar-refractivity contribution in [2.24, 2.45) is 11.1 Å². The fourth-order valence-corrected chi connectivity index (χ4v) is 4.10. The van der Waals surface area contributed by atoms with E-state index in [0.717, 1.165) is 25.7 Å². The van der Waals surface area contributed by atoms with Crippen molar-refractivity contribution < 1.29 is 15.0 Å². The van der Waals surface area contributed by atoms with E-state index in [4.69, 9.17) is 5.73 Å². The van der Waals surface area contributed by atoms with Crippen LogP contribution in [0.4, 0.5) is 0 Å². The van der Waals surface area contributed by atoms with Crippen molar-refractivity contribution in [3.8, 4) is 0 Å². The summed E-state index contributed by atoms with van der Waals surface area (Å²) in [5.41, 5.74) is 4.86. The molecule has 0 aliphatic heterocycles. The normalized spacial score (nSPS) is 16.2. The molecule has 1 amide bonds. The highest BCUT2D eigenvalue weighted by Gasteiger charge is 2.38. The quantitative estimate of drug-likeness (QED) is 0.195. The standard InChI is InChI=1S/C24H47NO3/c1-4-5-6-7-8-9-10-11-12-13-14-15-16-17-18-24(23(25)28,19-21(2)26)20-22(3)27/h11-12,21-22,26-27H,4-10,13-20H2,1-3H3,(H2,25,28)/b12-11-. The molecule has 2 atom stereocenters. The lowest BCUT2D eigenvalue weighted by Gasteiger charge is -2.33. The molecule has 4 heteroatoms. The van der Waals surface area contributed by atoms with E-state index < -0.39 is 23.5 Å². The van der Waals surface area contributed by atoms with Crippen molar-refractivity contribution in [2.75, 3.05) is 0 Å². The Bertz CT molecular complexity index is 395. The monoisotopic (exact) mass is 397 g/mol.